The molecule has 1 aromatic heterocycles. The molecule has 0 unspecified atom stereocenters. The third kappa shape index (κ3) is 4.30. The van der Waals surface area contributed by atoms with Gasteiger partial charge in [0.15, 0.2) is 0 Å². The van der Waals surface area contributed by atoms with E-state index in [2.05, 4.69) is 14.9 Å². The zero-order valence-electron chi connectivity index (χ0n) is 16.8. The number of fused-ring (bicyclic) bond motifs is 1. The molecule has 0 saturated carbocycles. The van der Waals surface area contributed by atoms with Gasteiger partial charge in [0.05, 0.1) is 35.1 Å². The van der Waals surface area contributed by atoms with E-state index in [0.29, 0.717) is 28.8 Å². The maximum atomic E-state index is 14.9. The van der Waals surface area contributed by atoms with Gasteiger partial charge in [-0.3, -0.25) is 19.9 Å². The molecular weight excluding hydrogens is 387 g/mol. The van der Waals surface area contributed by atoms with Crippen molar-refractivity contribution in [3.05, 3.63) is 59.5 Å². The summed E-state index contributed by atoms with van der Waals surface area (Å²) in [7, 11) is 0. The van der Waals surface area contributed by atoms with Crippen LogP contribution in [0.2, 0.25) is 0 Å². The van der Waals surface area contributed by atoms with Crippen molar-refractivity contribution in [3.63, 3.8) is 0 Å². The Morgan fingerprint density at radius 1 is 1.20 bits per heavy atom. The molecule has 8 heteroatoms. The van der Waals surface area contributed by atoms with E-state index in [1.54, 1.807) is 17.6 Å². The van der Waals surface area contributed by atoms with E-state index >= 15 is 0 Å². The van der Waals surface area contributed by atoms with Gasteiger partial charge >= 0.3 is 0 Å². The van der Waals surface area contributed by atoms with Gasteiger partial charge in [0.25, 0.3) is 5.91 Å². The summed E-state index contributed by atoms with van der Waals surface area (Å²) in [5.74, 6) is -1.02. The summed E-state index contributed by atoms with van der Waals surface area (Å²) in [6.07, 6.45) is 1.82. The van der Waals surface area contributed by atoms with Gasteiger partial charge in [-0.2, -0.15) is 0 Å². The number of carbonyl (C=O) groups excluding carboxylic acids is 1. The summed E-state index contributed by atoms with van der Waals surface area (Å²) < 4.78 is 20.6. The Balaban J connectivity index is 1.59. The predicted molar refractivity (Wildman–Crippen MR) is 109 cm³/mol. The zero-order valence-corrected chi connectivity index (χ0v) is 16.8. The largest absolute Gasteiger partial charge is 0.373 e. The highest BCUT2D eigenvalue weighted by molar-refractivity contribution is 5.96. The summed E-state index contributed by atoms with van der Waals surface area (Å²) in [6.45, 7) is 6.36. The third-order valence-corrected chi connectivity index (χ3v) is 5.12. The number of nitrogens with one attached hydrogen (secondary N) is 1. The van der Waals surface area contributed by atoms with Crippen molar-refractivity contribution in [1.82, 2.24) is 20.3 Å². The van der Waals surface area contributed by atoms with E-state index in [1.807, 2.05) is 19.9 Å². The van der Waals surface area contributed by atoms with Crippen LogP contribution in [0.25, 0.3) is 22.3 Å². The Morgan fingerprint density at radius 2 is 1.97 bits per heavy atom. The maximum absolute atomic E-state index is 14.9. The molecule has 0 aliphatic carbocycles. The van der Waals surface area contributed by atoms with E-state index in [9.17, 15) is 9.18 Å². The molecule has 1 amide bonds. The summed E-state index contributed by atoms with van der Waals surface area (Å²) in [5, 5.41) is 8.81. The molecule has 2 heterocycles. The fourth-order valence-electron chi connectivity index (χ4n) is 3.88. The molecule has 156 valence electrons. The topological polar surface area (TPSA) is 87.6 Å². The lowest BCUT2D eigenvalue weighted by atomic mass is 10.1. The zero-order chi connectivity index (χ0) is 21.3. The van der Waals surface area contributed by atoms with Crippen LogP contribution >= 0.6 is 0 Å². The highest BCUT2D eigenvalue weighted by Gasteiger charge is 2.22. The van der Waals surface area contributed by atoms with E-state index in [4.69, 9.17) is 9.94 Å². The van der Waals surface area contributed by atoms with E-state index in [-0.39, 0.29) is 23.6 Å². The van der Waals surface area contributed by atoms with Crippen LogP contribution in [0.5, 0.6) is 0 Å². The average molecular weight is 410 g/mol. The summed E-state index contributed by atoms with van der Waals surface area (Å²) >= 11 is 0. The molecule has 30 heavy (non-hydrogen) atoms. The van der Waals surface area contributed by atoms with Gasteiger partial charge in [0.1, 0.15) is 5.82 Å². The fourth-order valence-corrected chi connectivity index (χ4v) is 3.88. The first-order valence-corrected chi connectivity index (χ1v) is 9.81. The first kappa shape index (κ1) is 20.3. The molecule has 3 aromatic rings. The molecule has 2 N–H and O–H groups in total. The van der Waals surface area contributed by atoms with Crippen LogP contribution in [0.3, 0.4) is 0 Å². The minimum atomic E-state index is -0.647. The van der Waals surface area contributed by atoms with Crippen molar-refractivity contribution in [3.8, 4) is 11.3 Å². The normalized spacial score (nSPS) is 19.7. The monoisotopic (exact) mass is 410 g/mol. The lowest BCUT2D eigenvalue weighted by Gasteiger charge is -2.35. The van der Waals surface area contributed by atoms with E-state index in [1.165, 1.54) is 24.4 Å². The second-order valence-electron chi connectivity index (χ2n) is 7.67. The number of aromatic nitrogens is 2. The molecule has 7 nitrogen and oxygen atoms in total. The molecule has 4 rings (SSSR count). The van der Waals surface area contributed by atoms with Gasteiger partial charge in [-0.25, -0.2) is 14.9 Å². The Labute approximate surface area is 173 Å². The SMILES string of the molecule is C[C@@H]1CN(Cc2ccc(-c3cnc4ccc(C(=O)NO)cc4n3)c(F)c2)C[C@H](C)O1. The van der Waals surface area contributed by atoms with Crippen LogP contribution in [0.15, 0.2) is 42.6 Å². The van der Waals surface area contributed by atoms with Crippen LogP contribution in [0.4, 0.5) is 4.39 Å². The first-order valence-electron chi connectivity index (χ1n) is 9.81. The minimum absolute atomic E-state index is 0.156. The highest BCUT2D eigenvalue weighted by atomic mass is 19.1. The Morgan fingerprint density at radius 3 is 2.67 bits per heavy atom. The molecule has 0 bridgehead atoms. The molecule has 2 atom stereocenters. The number of amides is 1. The van der Waals surface area contributed by atoms with Crippen molar-refractivity contribution in [2.24, 2.45) is 0 Å². The predicted octanol–water partition coefficient (Wildman–Crippen LogP) is 3.16. The van der Waals surface area contributed by atoms with Crippen molar-refractivity contribution in [1.29, 1.82) is 0 Å². The Hall–Kier alpha value is -2.94. The standard InChI is InChI=1S/C22H23FN4O3/c1-13-10-27(11-14(2)30-13)12-15-3-5-17(18(23)7-15)21-9-24-19-6-4-16(22(28)26-29)8-20(19)25-21/h3-9,13-14,29H,10-12H2,1-2H3,(H,26,28)/t13-,14+. The van der Waals surface area contributed by atoms with Gasteiger partial charge in [-0.1, -0.05) is 6.07 Å². The average Bonchev–Trinajstić information content (AvgIpc) is 2.71. The van der Waals surface area contributed by atoms with Gasteiger partial charge in [0.2, 0.25) is 0 Å². The van der Waals surface area contributed by atoms with Crippen molar-refractivity contribution in [2.75, 3.05) is 13.1 Å². The number of hydrogen-bond acceptors (Lipinski definition) is 6. The number of hydroxylamine groups is 1. The van der Waals surface area contributed by atoms with Gasteiger partial charge in [0, 0.05) is 30.8 Å². The minimum Gasteiger partial charge on any atom is -0.373 e. The highest BCUT2D eigenvalue weighted by Crippen LogP contribution is 2.25. The molecule has 0 spiro atoms. The molecule has 1 fully saturated rings. The van der Waals surface area contributed by atoms with Crippen LogP contribution < -0.4 is 5.48 Å². The Kier molecular flexibility index (Phi) is 5.72. The summed E-state index contributed by atoms with van der Waals surface area (Å²) in [5.41, 5.74) is 4.43. The smallest absolute Gasteiger partial charge is 0.274 e. The number of morpholine rings is 1. The quantitative estimate of drug-likeness (QED) is 0.508. The molecule has 2 aromatic carbocycles. The van der Waals surface area contributed by atoms with Crippen molar-refractivity contribution >= 4 is 16.9 Å². The van der Waals surface area contributed by atoms with E-state index in [0.717, 1.165) is 18.7 Å². The number of carbonyl (C=O) groups is 1. The number of rotatable bonds is 4. The van der Waals surface area contributed by atoms with Crippen LogP contribution in [-0.4, -0.2) is 51.3 Å². The second kappa shape index (κ2) is 8.43. The van der Waals surface area contributed by atoms with Crippen molar-refractivity contribution in [2.45, 2.75) is 32.6 Å². The van der Waals surface area contributed by atoms with Gasteiger partial charge in [-0.15, -0.1) is 0 Å². The first-order chi connectivity index (χ1) is 14.4. The molecule has 1 aliphatic rings. The van der Waals surface area contributed by atoms with Crippen molar-refractivity contribution < 1.29 is 19.1 Å². The number of nitrogens with zero attached hydrogens (tertiary/aromatic N) is 3. The number of hydrogen-bond donors (Lipinski definition) is 2. The maximum Gasteiger partial charge on any atom is 0.274 e. The van der Waals surface area contributed by atoms with Crippen LogP contribution in [0, 0.1) is 5.82 Å². The molecular formula is C22H23FN4O3. The lowest BCUT2D eigenvalue weighted by molar-refractivity contribution is -0.0705. The number of halogens is 1. The third-order valence-electron chi connectivity index (χ3n) is 5.12. The summed E-state index contributed by atoms with van der Waals surface area (Å²) in [4.78, 5) is 22.7. The van der Waals surface area contributed by atoms with Gasteiger partial charge in [-0.05, 0) is 49.7 Å². The van der Waals surface area contributed by atoms with Crippen LogP contribution in [-0.2, 0) is 11.3 Å². The number of ether oxygens (including phenoxy) is 1. The molecule has 1 saturated heterocycles. The fraction of sp³-hybridized carbons (Fsp3) is 0.318. The molecule has 1 aliphatic heterocycles. The number of benzene rings is 2. The second-order valence-corrected chi connectivity index (χ2v) is 7.67. The van der Waals surface area contributed by atoms with Gasteiger partial charge < -0.3 is 4.74 Å². The van der Waals surface area contributed by atoms with Crippen LogP contribution in [0.1, 0.15) is 29.8 Å². The Bertz CT molecular complexity index is 1080. The summed E-state index contributed by atoms with van der Waals surface area (Å²) in [6, 6.07) is 9.79. The molecule has 0 radical (unpaired) electrons. The van der Waals surface area contributed by atoms with E-state index < -0.39 is 5.91 Å². The lowest BCUT2D eigenvalue weighted by Crippen LogP contribution is -2.44.